The standard InChI is InChI=1S/C17H18N6O5S4/c1-28-21-11(9-7-29-2-3-30-9)14(24)19-12-15(25)23-13(17(26)27)8(6-32-16(12)23)5-31-10-4-18-22-20-10/h4,7,12,16H,2-3,5-6H2,1H3,(H,19,24)(H,26,27)(H,18,20,22)/t12?,16-/m1/s1. The molecule has 1 fully saturated rings. The summed E-state index contributed by atoms with van der Waals surface area (Å²) in [6, 6.07) is -0.838. The number of aliphatic carboxylic acids is 1. The summed E-state index contributed by atoms with van der Waals surface area (Å²) >= 11 is 5.81. The van der Waals surface area contributed by atoms with E-state index in [2.05, 4.69) is 25.9 Å². The molecule has 3 aliphatic heterocycles. The molecule has 0 bridgehead atoms. The first-order valence-corrected chi connectivity index (χ1v) is 13.3. The summed E-state index contributed by atoms with van der Waals surface area (Å²) in [7, 11) is 1.35. The summed E-state index contributed by atoms with van der Waals surface area (Å²) in [5.74, 6) is 0.391. The molecule has 4 rings (SSSR count). The van der Waals surface area contributed by atoms with Crippen LogP contribution in [0.5, 0.6) is 0 Å². The van der Waals surface area contributed by atoms with E-state index in [1.807, 2.05) is 5.41 Å². The van der Waals surface area contributed by atoms with Gasteiger partial charge in [-0.15, -0.1) is 40.4 Å². The molecule has 32 heavy (non-hydrogen) atoms. The van der Waals surface area contributed by atoms with Gasteiger partial charge in [-0.25, -0.2) is 4.79 Å². The lowest BCUT2D eigenvalue weighted by Gasteiger charge is -2.49. The Labute approximate surface area is 199 Å². The number of carbonyl (C=O) groups is 3. The van der Waals surface area contributed by atoms with Gasteiger partial charge in [0.2, 0.25) is 0 Å². The fourth-order valence-corrected chi connectivity index (χ4v) is 7.54. The topological polar surface area (TPSA) is 150 Å². The highest BCUT2D eigenvalue weighted by Gasteiger charge is 2.54. The molecule has 4 heterocycles. The number of thioether (sulfide) groups is 4. The van der Waals surface area contributed by atoms with Crippen LogP contribution in [-0.4, -0.2) is 90.4 Å². The zero-order chi connectivity index (χ0) is 22.7. The lowest BCUT2D eigenvalue weighted by Crippen LogP contribution is -2.71. The molecule has 1 aromatic rings. The number of aromatic nitrogens is 3. The van der Waals surface area contributed by atoms with E-state index in [0.717, 1.165) is 11.5 Å². The highest BCUT2D eigenvalue weighted by molar-refractivity contribution is 8.10. The second kappa shape index (κ2) is 10.2. The minimum Gasteiger partial charge on any atom is -0.477 e. The highest BCUT2D eigenvalue weighted by atomic mass is 32.2. The van der Waals surface area contributed by atoms with Crippen molar-refractivity contribution >= 4 is 70.5 Å². The van der Waals surface area contributed by atoms with Crippen LogP contribution >= 0.6 is 47.0 Å². The van der Waals surface area contributed by atoms with Crippen LogP contribution in [0, 0.1) is 0 Å². The first-order valence-electron chi connectivity index (χ1n) is 9.26. The van der Waals surface area contributed by atoms with Crippen LogP contribution in [-0.2, 0) is 19.2 Å². The van der Waals surface area contributed by atoms with Crippen molar-refractivity contribution in [2.24, 2.45) is 5.16 Å². The van der Waals surface area contributed by atoms with Crippen LogP contribution in [0.1, 0.15) is 0 Å². The number of carboxylic acid groups (broad SMARTS) is 1. The third-order valence-corrected chi connectivity index (χ3v) is 9.21. The molecule has 0 aromatic carbocycles. The smallest absolute Gasteiger partial charge is 0.352 e. The summed E-state index contributed by atoms with van der Waals surface area (Å²) in [4.78, 5) is 44.4. The van der Waals surface area contributed by atoms with Crippen LogP contribution < -0.4 is 5.32 Å². The molecule has 15 heteroatoms. The molecule has 1 aromatic heterocycles. The monoisotopic (exact) mass is 514 g/mol. The third kappa shape index (κ3) is 4.65. The van der Waals surface area contributed by atoms with E-state index in [4.69, 9.17) is 4.84 Å². The number of nitrogens with one attached hydrogen (secondary N) is 2. The zero-order valence-electron chi connectivity index (χ0n) is 16.6. The number of carbonyl (C=O) groups excluding carboxylic acids is 2. The van der Waals surface area contributed by atoms with E-state index in [1.165, 1.54) is 47.3 Å². The third-order valence-electron chi connectivity index (χ3n) is 4.60. The second-order valence-corrected chi connectivity index (χ2v) is 10.8. The maximum absolute atomic E-state index is 12.9. The van der Waals surface area contributed by atoms with E-state index in [9.17, 15) is 19.5 Å². The Hall–Kier alpha value is -2.10. The molecule has 0 saturated carbocycles. The SMILES string of the molecule is CON=C(C(=O)NC1C(=O)N2C(C(=O)O)=C(CSc3cn[nH]n3)CS[C@H]12)C1=CSCCS1. The van der Waals surface area contributed by atoms with Crippen molar-refractivity contribution in [1.82, 2.24) is 25.6 Å². The van der Waals surface area contributed by atoms with Crippen molar-refractivity contribution < 1.29 is 24.3 Å². The van der Waals surface area contributed by atoms with E-state index in [-0.39, 0.29) is 11.4 Å². The Morgan fingerprint density at radius 1 is 1.47 bits per heavy atom. The summed E-state index contributed by atoms with van der Waals surface area (Å²) in [5, 5.41) is 28.5. The van der Waals surface area contributed by atoms with Gasteiger partial charge in [-0.2, -0.15) is 10.3 Å². The minimum atomic E-state index is -1.17. The lowest BCUT2D eigenvalue weighted by atomic mass is 10.0. The molecule has 1 unspecified atom stereocenters. The van der Waals surface area contributed by atoms with Crippen LogP contribution in [0.2, 0.25) is 0 Å². The number of β-lactam (4-membered cyclic amide) rings is 1. The largest absolute Gasteiger partial charge is 0.477 e. The molecule has 3 N–H and O–H groups in total. The minimum absolute atomic E-state index is 0.0343. The Balaban J connectivity index is 1.47. The predicted octanol–water partition coefficient (Wildman–Crippen LogP) is 0.959. The van der Waals surface area contributed by atoms with Crippen LogP contribution in [0.4, 0.5) is 0 Å². The Bertz CT molecular complexity index is 1010. The number of hydrogen-bond acceptors (Lipinski definition) is 11. The molecule has 11 nitrogen and oxygen atoms in total. The van der Waals surface area contributed by atoms with Crippen molar-refractivity contribution in [1.29, 1.82) is 0 Å². The Morgan fingerprint density at radius 3 is 2.97 bits per heavy atom. The van der Waals surface area contributed by atoms with Crippen molar-refractivity contribution in [2.45, 2.75) is 16.4 Å². The molecule has 2 atom stereocenters. The maximum atomic E-state index is 12.9. The van der Waals surface area contributed by atoms with Crippen molar-refractivity contribution in [3.63, 3.8) is 0 Å². The average molecular weight is 515 g/mol. The van der Waals surface area contributed by atoms with Gasteiger partial charge in [0.15, 0.2) is 5.71 Å². The van der Waals surface area contributed by atoms with Gasteiger partial charge in [0.1, 0.15) is 29.2 Å². The molecule has 170 valence electrons. The number of H-pyrrole nitrogens is 1. The number of amides is 2. The van der Waals surface area contributed by atoms with Gasteiger partial charge < -0.3 is 15.3 Å². The summed E-state index contributed by atoms with van der Waals surface area (Å²) in [6.45, 7) is 0. The summed E-state index contributed by atoms with van der Waals surface area (Å²) < 4.78 is 0. The highest BCUT2D eigenvalue weighted by Crippen LogP contribution is 2.41. The molecule has 0 spiro atoms. The summed E-state index contributed by atoms with van der Waals surface area (Å²) in [6.07, 6.45) is 1.54. The average Bonchev–Trinajstić information content (AvgIpc) is 3.33. The van der Waals surface area contributed by atoms with Crippen LogP contribution in [0.25, 0.3) is 0 Å². The first kappa shape index (κ1) is 23.1. The predicted molar refractivity (Wildman–Crippen MR) is 124 cm³/mol. The van der Waals surface area contributed by atoms with E-state index in [0.29, 0.717) is 27.0 Å². The van der Waals surface area contributed by atoms with E-state index < -0.39 is 29.2 Å². The second-order valence-electron chi connectivity index (χ2n) is 6.54. The first-order chi connectivity index (χ1) is 15.5. The van der Waals surface area contributed by atoms with Crippen molar-refractivity contribution in [3.05, 3.63) is 27.8 Å². The van der Waals surface area contributed by atoms with Gasteiger partial charge in [0, 0.05) is 27.9 Å². The van der Waals surface area contributed by atoms with Crippen molar-refractivity contribution in [3.8, 4) is 0 Å². The van der Waals surface area contributed by atoms with Gasteiger partial charge >= 0.3 is 5.97 Å². The number of hydrogen-bond donors (Lipinski definition) is 3. The van der Waals surface area contributed by atoms with Gasteiger partial charge in [-0.3, -0.25) is 14.5 Å². The number of nitrogens with zero attached hydrogens (tertiary/aromatic N) is 4. The quantitative estimate of drug-likeness (QED) is 0.197. The molecular formula is C17H18N6O5S4. The zero-order valence-corrected chi connectivity index (χ0v) is 19.9. The molecular weight excluding hydrogens is 496 g/mol. The molecule has 2 amide bonds. The van der Waals surface area contributed by atoms with Crippen LogP contribution in [0.3, 0.4) is 0 Å². The molecule has 0 aliphatic carbocycles. The van der Waals surface area contributed by atoms with Gasteiger partial charge in [-0.1, -0.05) is 16.9 Å². The number of rotatable bonds is 8. The molecule has 0 radical (unpaired) electrons. The lowest BCUT2D eigenvalue weighted by molar-refractivity contribution is -0.150. The van der Waals surface area contributed by atoms with Gasteiger partial charge in [0.05, 0.1) is 6.20 Å². The maximum Gasteiger partial charge on any atom is 0.352 e. The Kier molecular flexibility index (Phi) is 7.37. The number of aromatic amines is 1. The fourth-order valence-electron chi connectivity index (χ4n) is 3.21. The molecule has 3 aliphatic rings. The van der Waals surface area contributed by atoms with E-state index >= 15 is 0 Å². The summed E-state index contributed by atoms with van der Waals surface area (Å²) in [5.41, 5.74) is 0.690. The van der Waals surface area contributed by atoms with E-state index in [1.54, 1.807) is 18.0 Å². The molecule has 1 saturated heterocycles. The van der Waals surface area contributed by atoms with Gasteiger partial charge in [0.25, 0.3) is 11.8 Å². The number of fused-ring (bicyclic) bond motifs is 1. The fraction of sp³-hybridized carbons (Fsp3) is 0.412. The van der Waals surface area contributed by atoms with Crippen LogP contribution in [0.15, 0.2) is 38.0 Å². The van der Waals surface area contributed by atoms with Gasteiger partial charge in [-0.05, 0) is 11.0 Å². The normalized spacial score (nSPS) is 23.3. The number of oxime groups is 1. The Morgan fingerprint density at radius 2 is 2.31 bits per heavy atom. The van der Waals surface area contributed by atoms with Crippen molar-refractivity contribution in [2.75, 3.05) is 30.1 Å². The number of carboxylic acids is 1.